The first-order chi connectivity index (χ1) is 8.49. The molecule has 0 aromatic heterocycles. The lowest BCUT2D eigenvalue weighted by Crippen LogP contribution is -2.43. The molecule has 0 amide bonds. The Hall–Kier alpha value is -1.07. The van der Waals surface area contributed by atoms with Crippen LogP contribution < -0.4 is 10.6 Å². The predicted octanol–water partition coefficient (Wildman–Crippen LogP) is 1.19. The SMILES string of the molecule is CCc1ccc2c(c1)S(=O)(=O)CC(CCN)N2C. The van der Waals surface area contributed by atoms with Gasteiger partial charge < -0.3 is 10.6 Å². The summed E-state index contributed by atoms with van der Waals surface area (Å²) in [5, 5.41) is 0. The van der Waals surface area contributed by atoms with Crippen molar-refractivity contribution in [1.82, 2.24) is 0 Å². The molecule has 0 aliphatic carbocycles. The van der Waals surface area contributed by atoms with E-state index >= 15 is 0 Å². The van der Waals surface area contributed by atoms with Crippen LogP contribution >= 0.6 is 0 Å². The lowest BCUT2D eigenvalue weighted by molar-refractivity contribution is 0.560. The zero-order valence-corrected chi connectivity index (χ0v) is 11.7. The van der Waals surface area contributed by atoms with Crippen LogP contribution in [0.25, 0.3) is 0 Å². The molecule has 100 valence electrons. The van der Waals surface area contributed by atoms with Crippen LogP contribution in [0.2, 0.25) is 0 Å². The van der Waals surface area contributed by atoms with Crippen molar-refractivity contribution < 1.29 is 8.42 Å². The zero-order chi connectivity index (χ0) is 13.3. The fraction of sp³-hybridized carbons (Fsp3) is 0.538. The summed E-state index contributed by atoms with van der Waals surface area (Å²) >= 11 is 0. The van der Waals surface area contributed by atoms with Crippen LogP contribution in [0, 0.1) is 0 Å². The van der Waals surface area contributed by atoms with Gasteiger partial charge in [0.2, 0.25) is 0 Å². The Morgan fingerprint density at radius 2 is 2.17 bits per heavy atom. The van der Waals surface area contributed by atoms with E-state index in [0.717, 1.165) is 17.7 Å². The molecule has 1 atom stereocenters. The molecule has 1 aromatic carbocycles. The summed E-state index contributed by atoms with van der Waals surface area (Å²) in [4.78, 5) is 2.51. The zero-order valence-electron chi connectivity index (χ0n) is 10.9. The molecule has 0 saturated heterocycles. The molecule has 18 heavy (non-hydrogen) atoms. The number of rotatable bonds is 3. The van der Waals surface area contributed by atoms with Crippen molar-refractivity contribution in [1.29, 1.82) is 0 Å². The van der Waals surface area contributed by atoms with Crippen molar-refractivity contribution in [3.8, 4) is 0 Å². The molecule has 1 heterocycles. The minimum Gasteiger partial charge on any atom is -0.369 e. The van der Waals surface area contributed by atoms with Crippen LogP contribution in [0.4, 0.5) is 5.69 Å². The van der Waals surface area contributed by atoms with Gasteiger partial charge in [-0.1, -0.05) is 13.0 Å². The second-order valence-electron chi connectivity index (χ2n) is 4.78. The van der Waals surface area contributed by atoms with Crippen LogP contribution in [0.3, 0.4) is 0 Å². The molecule has 2 N–H and O–H groups in total. The normalized spacial score (nSPS) is 21.7. The maximum Gasteiger partial charge on any atom is 0.182 e. The molecular weight excluding hydrogens is 248 g/mol. The molecule has 1 aliphatic heterocycles. The van der Waals surface area contributed by atoms with E-state index in [0.29, 0.717) is 17.9 Å². The monoisotopic (exact) mass is 268 g/mol. The number of sulfone groups is 1. The average molecular weight is 268 g/mol. The summed E-state index contributed by atoms with van der Waals surface area (Å²) in [7, 11) is -1.23. The van der Waals surface area contributed by atoms with Crippen LogP contribution in [0.1, 0.15) is 18.9 Å². The molecule has 5 heteroatoms. The Morgan fingerprint density at radius 1 is 1.44 bits per heavy atom. The van der Waals surface area contributed by atoms with Gasteiger partial charge in [0.15, 0.2) is 9.84 Å². The molecule has 0 radical (unpaired) electrons. The minimum atomic E-state index is -3.18. The van der Waals surface area contributed by atoms with Gasteiger partial charge in [0.05, 0.1) is 16.3 Å². The number of nitrogens with zero attached hydrogens (tertiary/aromatic N) is 1. The Balaban J connectivity index is 2.51. The first-order valence-electron chi connectivity index (χ1n) is 6.28. The largest absolute Gasteiger partial charge is 0.369 e. The van der Waals surface area contributed by atoms with E-state index in [1.807, 2.05) is 31.0 Å². The fourth-order valence-electron chi connectivity index (χ4n) is 2.44. The van der Waals surface area contributed by atoms with Crippen molar-refractivity contribution in [3.05, 3.63) is 23.8 Å². The summed E-state index contributed by atoms with van der Waals surface area (Å²) in [5.41, 5.74) is 7.42. The van der Waals surface area contributed by atoms with Gasteiger partial charge in [-0.2, -0.15) is 0 Å². The van der Waals surface area contributed by atoms with E-state index in [9.17, 15) is 8.42 Å². The summed E-state index contributed by atoms with van der Waals surface area (Å²) in [5.74, 6) is 0.168. The van der Waals surface area contributed by atoms with E-state index in [4.69, 9.17) is 5.73 Å². The highest BCUT2D eigenvalue weighted by molar-refractivity contribution is 7.91. The molecule has 0 saturated carbocycles. The minimum absolute atomic E-state index is 0.0139. The molecule has 1 unspecified atom stereocenters. The second kappa shape index (κ2) is 4.90. The van der Waals surface area contributed by atoms with Gasteiger partial charge in [0.25, 0.3) is 0 Å². The third-order valence-electron chi connectivity index (χ3n) is 3.61. The van der Waals surface area contributed by atoms with Gasteiger partial charge in [0, 0.05) is 13.1 Å². The maximum absolute atomic E-state index is 12.3. The third-order valence-corrected chi connectivity index (χ3v) is 5.43. The number of nitrogens with two attached hydrogens (primary N) is 1. The van der Waals surface area contributed by atoms with Crippen molar-refractivity contribution >= 4 is 15.5 Å². The molecule has 1 aromatic rings. The molecule has 4 nitrogen and oxygen atoms in total. The Labute approximate surface area is 109 Å². The standard InChI is InChI=1S/C13H20N2O2S/c1-3-10-4-5-12-13(8-10)18(16,17)9-11(6-7-14)15(12)2/h4-5,8,11H,3,6-7,9,14H2,1-2H3. The van der Waals surface area contributed by atoms with E-state index < -0.39 is 9.84 Å². The van der Waals surface area contributed by atoms with Crippen LogP contribution in [0.5, 0.6) is 0 Å². The van der Waals surface area contributed by atoms with Gasteiger partial charge in [-0.15, -0.1) is 0 Å². The number of benzene rings is 1. The van der Waals surface area contributed by atoms with Crippen LogP contribution in [-0.2, 0) is 16.3 Å². The van der Waals surface area contributed by atoms with Crippen molar-refractivity contribution in [2.75, 3.05) is 24.2 Å². The summed E-state index contributed by atoms with van der Waals surface area (Å²) in [6, 6.07) is 5.70. The molecule has 1 aliphatic rings. The second-order valence-corrected chi connectivity index (χ2v) is 6.78. The lowest BCUT2D eigenvalue weighted by Gasteiger charge is -2.35. The van der Waals surface area contributed by atoms with Crippen molar-refractivity contribution in [3.63, 3.8) is 0 Å². The molecule has 0 bridgehead atoms. The third kappa shape index (κ3) is 2.24. The van der Waals surface area contributed by atoms with E-state index in [1.54, 1.807) is 6.07 Å². The highest BCUT2D eigenvalue weighted by atomic mass is 32.2. The quantitative estimate of drug-likeness (QED) is 0.894. The first kappa shape index (κ1) is 13.4. The number of aryl methyl sites for hydroxylation is 1. The average Bonchev–Trinajstić information content (AvgIpc) is 2.35. The fourth-order valence-corrected chi connectivity index (χ4v) is 4.38. The Kier molecular flexibility index (Phi) is 3.64. The van der Waals surface area contributed by atoms with Crippen molar-refractivity contribution in [2.45, 2.75) is 30.7 Å². The van der Waals surface area contributed by atoms with E-state index in [1.165, 1.54) is 0 Å². The van der Waals surface area contributed by atoms with Gasteiger partial charge in [-0.05, 0) is 37.1 Å². The summed E-state index contributed by atoms with van der Waals surface area (Å²) in [6.07, 6.45) is 1.55. The topological polar surface area (TPSA) is 63.4 Å². The molecule has 0 spiro atoms. The van der Waals surface area contributed by atoms with Gasteiger partial charge in [-0.3, -0.25) is 0 Å². The number of anilines is 1. The highest BCUT2D eigenvalue weighted by Gasteiger charge is 2.33. The summed E-state index contributed by atoms with van der Waals surface area (Å²) in [6.45, 7) is 2.53. The first-order valence-corrected chi connectivity index (χ1v) is 7.93. The predicted molar refractivity (Wildman–Crippen MR) is 73.7 cm³/mol. The highest BCUT2D eigenvalue weighted by Crippen LogP contribution is 2.34. The van der Waals surface area contributed by atoms with Gasteiger partial charge >= 0.3 is 0 Å². The molecule has 2 rings (SSSR count). The number of hydrogen-bond acceptors (Lipinski definition) is 4. The smallest absolute Gasteiger partial charge is 0.182 e. The Bertz CT molecular complexity index is 540. The molecular formula is C13H20N2O2S. The number of fused-ring (bicyclic) bond motifs is 1. The Morgan fingerprint density at radius 3 is 2.78 bits per heavy atom. The van der Waals surface area contributed by atoms with Crippen molar-refractivity contribution in [2.24, 2.45) is 5.73 Å². The lowest BCUT2D eigenvalue weighted by atomic mass is 10.1. The maximum atomic E-state index is 12.3. The van der Waals surface area contributed by atoms with Crippen LogP contribution in [0.15, 0.2) is 23.1 Å². The molecule has 0 fully saturated rings. The van der Waals surface area contributed by atoms with Crippen LogP contribution in [-0.4, -0.2) is 33.8 Å². The summed E-state index contributed by atoms with van der Waals surface area (Å²) < 4.78 is 24.6. The number of hydrogen-bond donors (Lipinski definition) is 1. The van der Waals surface area contributed by atoms with Gasteiger partial charge in [-0.25, -0.2) is 8.42 Å². The van der Waals surface area contributed by atoms with E-state index in [-0.39, 0.29) is 11.8 Å². The van der Waals surface area contributed by atoms with E-state index in [2.05, 4.69) is 0 Å². The van der Waals surface area contributed by atoms with Gasteiger partial charge in [0.1, 0.15) is 0 Å².